The SMILES string of the molecule is O=S([O-])NC(CC(F)(F)C(F)(F)C(F)(F)C(F)(F)C(F)(F)C(F)(F)F)S(=O)(=O)NCCO. The van der Waals surface area contributed by atoms with Crippen molar-refractivity contribution in [2.24, 2.45) is 0 Å². The van der Waals surface area contributed by atoms with Crippen LogP contribution in [0.15, 0.2) is 0 Å². The first kappa shape index (κ1) is 31.0. The van der Waals surface area contributed by atoms with Gasteiger partial charge >= 0.3 is 35.8 Å². The first-order valence-corrected chi connectivity index (χ1v) is 9.86. The first-order valence-electron chi connectivity index (χ1n) is 7.24. The van der Waals surface area contributed by atoms with Crippen LogP contribution in [-0.2, 0) is 21.3 Å². The Morgan fingerprint density at radius 2 is 1.22 bits per heavy atom. The zero-order valence-electron chi connectivity index (χ0n) is 14.5. The molecule has 0 spiro atoms. The van der Waals surface area contributed by atoms with Crippen molar-refractivity contribution in [1.82, 2.24) is 9.44 Å². The Morgan fingerprint density at radius 1 is 0.812 bits per heavy atom. The van der Waals surface area contributed by atoms with Gasteiger partial charge in [0.2, 0.25) is 10.0 Å². The van der Waals surface area contributed by atoms with E-state index >= 15 is 0 Å². The predicted octanol–water partition coefficient (Wildman–Crippen LogP) is 1.74. The standard InChI is InChI=1S/C10H11F13N2O5S2/c11-5(12,3-4(25-31(27)28)32(29,30)24-1-2-26)6(13,14)7(15,16)8(17,18)9(19,20)10(21,22)23/h4,24-26H,1-3H2,(H,27,28)/p-1. The predicted molar refractivity (Wildman–Crippen MR) is 75.3 cm³/mol. The number of nitrogens with one attached hydrogen (secondary N) is 2. The number of sulfonamides is 1. The smallest absolute Gasteiger partial charge is 0.460 e. The number of alkyl halides is 13. The average molecular weight is 549 g/mol. The van der Waals surface area contributed by atoms with Gasteiger partial charge in [0.25, 0.3) is 0 Å². The first-order chi connectivity index (χ1) is 13.8. The van der Waals surface area contributed by atoms with Gasteiger partial charge in [0.05, 0.1) is 6.61 Å². The second-order valence-corrected chi connectivity index (χ2v) is 8.36. The van der Waals surface area contributed by atoms with E-state index in [1.54, 1.807) is 0 Å². The summed E-state index contributed by atoms with van der Waals surface area (Å²) >= 11 is -3.94. The molecule has 3 N–H and O–H groups in total. The Labute approximate surface area is 171 Å². The zero-order valence-corrected chi connectivity index (χ0v) is 16.1. The second kappa shape index (κ2) is 9.35. The minimum atomic E-state index is -8.19. The number of aliphatic hydroxyl groups excluding tert-OH is 1. The molecular formula is C10H10F13N2O5S2-. The van der Waals surface area contributed by atoms with E-state index in [0.717, 1.165) is 4.72 Å². The normalized spacial score (nSPS) is 17.3. The zero-order chi connectivity index (χ0) is 26.2. The number of aliphatic hydroxyl groups is 1. The van der Waals surface area contributed by atoms with Crippen LogP contribution in [0, 0.1) is 0 Å². The summed E-state index contributed by atoms with van der Waals surface area (Å²) in [6, 6.07) is 0. The van der Waals surface area contributed by atoms with Gasteiger partial charge in [0.15, 0.2) is 0 Å². The summed E-state index contributed by atoms with van der Waals surface area (Å²) in [7, 11) is -5.59. The Hall–Kier alpha value is -0.970. The van der Waals surface area contributed by atoms with Crippen LogP contribution in [0.25, 0.3) is 0 Å². The minimum absolute atomic E-state index is 0.613. The van der Waals surface area contributed by atoms with Crippen LogP contribution in [0.5, 0.6) is 0 Å². The fourth-order valence-corrected chi connectivity index (χ4v) is 3.82. The lowest BCUT2D eigenvalue weighted by molar-refractivity contribution is -0.440. The van der Waals surface area contributed by atoms with Crippen molar-refractivity contribution in [2.75, 3.05) is 13.2 Å². The highest BCUT2D eigenvalue weighted by molar-refractivity contribution is 7.90. The maximum absolute atomic E-state index is 13.8. The molecule has 0 rings (SSSR count). The van der Waals surface area contributed by atoms with Gasteiger partial charge in [-0.3, -0.25) is 4.21 Å². The van der Waals surface area contributed by atoms with Crippen LogP contribution in [0.3, 0.4) is 0 Å². The van der Waals surface area contributed by atoms with Crippen LogP contribution < -0.4 is 9.44 Å². The molecule has 2 unspecified atom stereocenters. The van der Waals surface area contributed by atoms with Crippen molar-refractivity contribution in [2.45, 2.75) is 47.6 Å². The third kappa shape index (κ3) is 5.56. The van der Waals surface area contributed by atoms with Crippen molar-refractivity contribution in [3.8, 4) is 0 Å². The molecule has 194 valence electrons. The Kier molecular flexibility index (Phi) is 9.07. The van der Waals surface area contributed by atoms with E-state index in [1.165, 1.54) is 0 Å². The molecule has 0 aromatic rings. The molecule has 0 aliphatic heterocycles. The van der Waals surface area contributed by atoms with Crippen molar-refractivity contribution in [3.63, 3.8) is 0 Å². The Morgan fingerprint density at radius 3 is 1.56 bits per heavy atom. The molecule has 0 saturated carbocycles. The largest absolute Gasteiger partial charge is 0.760 e. The number of rotatable bonds is 12. The summed E-state index contributed by atoms with van der Waals surface area (Å²) in [5.74, 6) is -39.0. The molecule has 0 bridgehead atoms. The summed E-state index contributed by atoms with van der Waals surface area (Å²) in [4.78, 5) is 0. The van der Waals surface area contributed by atoms with Gasteiger partial charge in [-0.05, 0) is 0 Å². The van der Waals surface area contributed by atoms with E-state index in [-0.39, 0.29) is 0 Å². The van der Waals surface area contributed by atoms with E-state index in [9.17, 15) is 74.3 Å². The molecule has 7 nitrogen and oxygen atoms in total. The van der Waals surface area contributed by atoms with Crippen LogP contribution >= 0.6 is 0 Å². The fourth-order valence-electron chi connectivity index (χ4n) is 1.77. The van der Waals surface area contributed by atoms with E-state index < -0.39 is 82.0 Å². The highest BCUT2D eigenvalue weighted by atomic mass is 32.2. The van der Waals surface area contributed by atoms with Crippen molar-refractivity contribution < 1.29 is 79.4 Å². The van der Waals surface area contributed by atoms with Crippen molar-refractivity contribution in [3.05, 3.63) is 0 Å². The lowest BCUT2D eigenvalue weighted by Gasteiger charge is -2.40. The third-order valence-corrected chi connectivity index (χ3v) is 5.72. The van der Waals surface area contributed by atoms with Crippen LogP contribution in [-0.4, -0.2) is 76.6 Å². The molecular weight excluding hydrogens is 539 g/mol. The van der Waals surface area contributed by atoms with E-state index in [2.05, 4.69) is 0 Å². The van der Waals surface area contributed by atoms with Crippen LogP contribution in [0.1, 0.15) is 6.42 Å². The van der Waals surface area contributed by atoms with Gasteiger partial charge < -0.3 is 9.66 Å². The van der Waals surface area contributed by atoms with Crippen molar-refractivity contribution in [1.29, 1.82) is 0 Å². The maximum Gasteiger partial charge on any atom is 0.460 e. The maximum atomic E-state index is 13.8. The van der Waals surface area contributed by atoms with E-state index in [4.69, 9.17) is 5.11 Å². The lowest BCUT2D eigenvalue weighted by atomic mass is 9.92. The van der Waals surface area contributed by atoms with E-state index in [0.29, 0.717) is 4.72 Å². The van der Waals surface area contributed by atoms with Gasteiger partial charge in [-0.15, -0.1) is 0 Å². The molecule has 0 aromatic heterocycles. The summed E-state index contributed by atoms with van der Waals surface area (Å²) in [5.41, 5.74) is 0. The van der Waals surface area contributed by atoms with Crippen LogP contribution in [0.2, 0.25) is 0 Å². The van der Waals surface area contributed by atoms with Gasteiger partial charge in [-0.2, -0.15) is 57.1 Å². The molecule has 0 aliphatic rings. The van der Waals surface area contributed by atoms with Crippen LogP contribution in [0.4, 0.5) is 57.1 Å². The molecule has 22 heteroatoms. The Balaban J connectivity index is 6.43. The molecule has 0 aromatic carbocycles. The molecule has 32 heavy (non-hydrogen) atoms. The number of hydrogen-bond donors (Lipinski definition) is 3. The van der Waals surface area contributed by atoms with E-state index in [1.807, 2.05) is 0 Å². The Bertz CT molecular complexity index is 786. The molecule has 0 saturated heterocycles. The summed E-state index contributed by atoms with van der Waals surface area (Å²) in [6.07, 6.45) is -11.0. The van der Waals surface area contributed by atoms with Crippen molar-refractivity contribution >= 4 is 21.3 Å². The topological polar surface area (TPSA) is 119 Å². The molecule has 0 radical (unpaired) electrons. The third-order valence-electron chi connectivity index (χ3n) is 3.46. The highest BCUT2D eigenvalue weighted by Gasteiger charge is 2.90. The average Bonchev–Trinajstić information content (AvgIpc) is 2.57. The summed E-state index contributed by atoms with van der Waals surface area (Å²) in [5, 5.41) is 4.84. The molecule has 0 amide bonds. The molecule has 0 heterocycles. The van der Waals surface area contributed by atoms with Gasteiger partial charge in [0, 0.05) is 24.2 Å². The van der Waals surface area contributed by atoms with Gasteiger partial charge in [0.1, 0.15) is 5.37 Å². The quantitative estimate of drug-likeness (QED) is 0.253. The fraction of sp³-hybridized carbons (Fsp3) is 1.00. The summed E-state index contributed by atoms with van der Waals surface area (Å²) < 4.78 is 215. The lowest BCUT2D eigenvalue weighted by Crippen LogP contribution is -2.70. The second-order valence-electron chi connectivity index (χ2n) is 5.71. The number of halogens is 13. The molecule has 0 fully saturated rings. The monoisotopic (exact) mass is 549 g/mol. The highest BCUT2D eigenvalue weighted by Crippen LogP contribution is 2.60. The minimum Gasteiger partial charge on any atom is -0.760 e. The molecule has 0 aliphatic carbocycles. The molecule has 2 atom stereocenters. The van der Waals surface area contributed by atoms with Gasteiger partial charge in [-0.25, -0.2) is 17.9 Å². The summed E-state index contributed by atoms with van der Waals surface area (Å²) in [6.45, 7) is -2.21. The number of hydrogen-bond acceptors (Lipinski definition) is 5. The van der Waals surface area contributed by atoms with Gasteiger partial charge in [-0.1, -0.05) is 0 Å².